The van der Waals surface area contributed by atoms with Crippen LogP contribution in [0.1, 0.15) is 68.8 Å². The van der Waals surface area contributed by atoms with Crippen LogP contribution in [0.5, 0.6) is 0 Å². The van der Waals surface area contributed by atoms with Gasteiger partial charge in [-0.25, -0.2) is 9.59 Å². The Kier molecular flexibility index (Phi) is 10.2. The lowest BCUT2D eigenvalue weighted by Crippen LogP contribution is -2.46. The SMILES string of the molecule is CSCCC(NC(=O)c1ccc(C(C)(C)C)cc1)C(=O)OCC(=O)NC(=O)NC1CCCC1. The lowest BCUT2D eigenvalue weighted by atomic mass is 9.86. The van der Waals surface area contributed by atoms with Gasteiger partial charge in [-0.05, 0) is 54.4 Å². The van der Waals surface area contributed by atoms with Crippen LogP contribution in [-0.4, -0.2) is 54.5 Å². The molecule has 4 amide bonds. The van der Waals surface area contributed by atoms with Crippen molar-refractivity contribution in [2.75, 3.05) is 18.6 Å². The molecular formula is C24H35N3O5S. The van der Waals surface area contributed by atoms with Crippen LogP contribution >= 0.6 is 11.8 Å². The summed E-state index contributed by atoms with van der Waals surface area (Å²) in [6, 6.07) is 5.83. The van der Waals surface area contributed by atoms with Gasteiger partial charge in [0.25, 0.3) is 11.8 Å². The number of benzene rings is 1. The maximum atomic E-state index is 12.7. The van der Waals surface area contributed by atoms with E-state index in [2.05, 4.69) is 36.7 Å². The third kappa shape index (κ3) is 9.07. The van der Waals surface area contributed by atoms with E-state index in [0.717, 1.165) is 31.2 Å². The second-order valence-electron chi connectivity index (χ2n) is 9.25. The van der Waals surface area contributed by atoms with Crippen LogP contribution < -0.4 is 16.0 Å². The molecule has 2 rings (SSSR count). The lowest BCUT2D eigenvalue weighted by Gasteiger charge is -2.20. The standard InChI is InChI=1S/C24H35N3O5S/c1-24(2,3)17-11-9-16(10-12-17)21(29)26-19(13-14-33-4)22(30)32-15-20(28)27-23(31)25-18-7-5-6-8-18/h9-12,18-19H,5-8,13-15H2,1-4H3,(H,26,29)(H2,25,27,28,31). The number of carbonyl (C=O) groups is 4. The highest BCUT2D eigenvalue weighted by molar-refractivity contribution is 7.98. The van der Waals surface area contributed by atoms with Gasteiger partial charge in [0.1, 0.15) is 6.04 Å². The largest absolute Gasteiger partial charge is 0.454 e. The molecule has 1 aliphatic carbocycles. The van der Waals surface area contributed by atoms with Gasteiger partial charge in [-0.2, -0.15) is 11.8 Å². The molecule has 182 valence electrons. The molecule has 0 spiro atoms. The molecule has 1 aromatic carbocycles. The van der Waals surface area contributed by atoms with Gasteiger partial charge in [0.05, 0.1) is 0 Å². The average molecular weight is 478 g/mol. The summed E-state index contributed by atoms with van der Waals surface area (Å²) in [6.07, 6.45) is 6.15. The number of imide groups is 1. The van der Waals surface area contributed by atoms with Crippen molar-refractivity contribution >= 4 is 35.6 Å². The molecule has 1 saturated carbocycles. The Morgan fingerprint density at radius 1 is 1.09 bits per heavy atom. The normalized spacial score (nSPS) is 14.9. The molecule has 0 bridgehead atoms. The van der Waals surface area contributed by atoms with Crippen LogP contribution in [0.2, 0.25) is 0 Å². The summed E-state index contributed by atoms with van der Waals surface area (Å²) in [5.41, 5.74) is 1.50. The van der Waals surface area contributed by atoms with Crippen molar-refractivity contribution in [1.29, 1.82) is 0 Å². The zero-order valence-electron chi connectivity index (χ0n) is 19.9. The fourth-order valence-electron chi connectivity index (χ4n) is 3.54. The highest BCUT2D eigenvalue weighted by Gasteiger charge is 2.24. The highest BCUT2D eigenvalue weighted by Crippen LogP contribution is 2.22. The van der Waals surface area contributed by atoms with Crippen molar-refractivity contribution in [2.24, 2.45) is 0 Å². The molecule has 1 atom stereocenters. The predicted octanol–water partition coefficient (Wildman–Crippen LogP) is 3.15. The van der Waals surface area contributed by atoms with Gasteiger partial charge < -0.3 is 15.4 Å². The second kappa shape index (κ2) is 12.6. The minimum absolute atomic E-state index is 0.0335. The highest BCUT2D eigenvalue weighted by atomic mass is 32.2. The maximum Gasteiger partial charge on any atom is 0.329 e. The quantitative estimate of drug-likeness (QED) is 0.471. The molecule has 1 unspecified atom stereocenters. The molecule has 0 aromatic heterocycles. The van der Waals surface area contributed by atoms with Gasteiger partial charge in [0.15, 0.2) is 6.61 Å². The van der Waals surface area contributed by atoms with E-state index in [4.69, 9.17) is 4.74 Å². The molecule has 0 aliphatic heterocycles. The molecule has 3 N–H and O–H groups in total. The van der Waals surface area contributed by atoms with Crippen molar-refractivity contribution in [3.8, 4) is 0 Å². The van der Waals surface area contributed by atoms with Crippen molar-refractivity contribution in [3.63, 3.8) is 0 Å². The van der Waals surface area contributed by atoms with Gasteiger partial charge in [0.2, 0.25) is 0 Å². The van der Waals surface area contributed by atoms with Crippen LogP contribution in [0.3, 0.4) is 0 Å². The third-order valence-electron chi connectivity index (χ3n) is 5.50. The molecule has 1 aromatic rings. The number of ether oxygens (including phenoxy) is 1. The first kappa shape index (κ1) is 26.7. The van der Waals surface area contributed by atoms with Crippen molar-refractivity contribution in [2.45, 2.75) is 70.4 Å². The Hall–Kier alpha value is -2.55. The molecule has 0 saturated heterocycles. The van der Waals surface area contributed by atoms with Crippen LogP contribution in [-0.2, 0) is 19.7 Å². The predicted molar refractivity (Wildman–Crippen MR) is 129 cm³/mol. The van der Waals surface area contributed by atoms with Crippen molar-refractivity contribution in [1.82, 2.24) is 16.0 Å². The van der Waals surface area contributed by atoms with Crippen LogP contribution in [0.15, 0.2) is 24.3 Å². The van der Waals surface area contributed by atoms with Gasteiger partial charge in [-0.3, -0.25) is 14.9 Å². The Labute approximate surface area is 200 Å². The summed E-state index contributed by atoms with van der Waals surface area (Å²) in [5.74, 6) is -1.19. The number of hydrogen-bond acceptors (Lipinski definition) is 6. The van der Waals surface area contributed by atoms with Gasteiger partial charge in [-0.15, -0.1) is 0 Å². The Bertz CT molecular complexity index is 829. The van der Waals surface area contributed by atoms with E-state index in [1.54, 1.807) is 12.1 Å². The fourth-order valence-corrected chi connectivity index (χ4v) is 4.01. The lowest BCUT2D eigenvalue weighted by molar-refractivity contribution is -0.150. The first-order valence-electron chi connectivity index (χ1n) is 11.3. The van der Waals surface area contributed by atoms with Crippen LogP contribution in [0, 0.1) is 0 Å². The Balaban J connectivity index is 1.88. The first-order chi connectivity index (χ1) is 15.6. The molecule has 0 radical (unpaired) electrons. The zero-order chi connectivity index (χ0) is 24.4. The molecule has 33 heavy (non-hydrogen) atoms. The number of hydrogen-bond donors (Lipinski definition) is 3. The van der Waals surface area contributed by atoms with E-state index in [-0.39, 0.29) is 17.4 Å². The Morgan fingerprint density at radius 3 is 2.30 bits per heavy atom. The summed E-state index contributed by atoms with van der Waals surface area (Å²) < 4.78 is 5.08. The zero-order valence-corrected chi connectivity index (χ0v) is 20.7. The molecule has 1 fully saturated rings. The van der Waals surface area contributed by atoms with Crippen LogP contribution in [0.4, 0.5) is 4.79 Å². The summed E-state index contributed by atoms with van der Waals surface area (Å²) in [7, 11) is 0. The smallest absolute Gasteiger partial charge is 0.329 e. The molecule has 1 aliphatic rings. The summed E-state index contributed by atoms with van der Waals surface area (Å²) in [5, 5.41) is 7.61. The molecule has 9 heteroatoms. The first-order valence-corrected chi connectivity index (χ1v) is 12.7. The van der Waals surface area contributed by atoms with Gasteiger partial charge in [-0.1, -0.05) is 45.7 Å². The fraction of sp³-hybridized carbons (Fsp3) is 0.583. The van der Waals surface area contributed by atoms with E-state index in [1.165, 1.54) is 11.8 Å². The van der Waals surface area contributed by atoms with Gasteiger partial charge in [0, 0.05) is 11.6 Å². The third-order valence-corrected chi connectivity index (χ3v) is 6.15. The van der Waals surface area contributed by atoms with Crippen molar-refractivity contribution in [3.05, 3.63) is 35.4 Å². The number of urea groups is 1. The van der Waals surface area contributed by atoms with E-state index in [0.29, 0.717) is 17.7 Å². The monoisotopic (exact) mass is 477 g/mol. The number of amides is 4. The van der Waals surface area contributed by atoms with Gasteiger partial charge >= 0.3 is 12.0 Å². The Morgan fingerprint density at radius 2 is 1.73 bits per heavy atom. The molecular weight excluding hydrogens is 442 g/mol. The number of esters is 1. The molecule has 0 heterocycles. The minimum atomic E-state index is -0.896. The van der Waals surface area contributed by atoms with E-state index in [1.807, 2.05) is 18.4 Å². The summed E-state index contributed by atoms with van der Waals surface area (Å²) >= 11 is 1.53. The van der Waals surface area contributed by atoms with E-state index >= 15 is 0 Å². The number of carbonyl (C=O) groups excluding carboxylic acids is 4. The topological polar surface area (TPSA) is 114 Å². The molecule has 8 nitrogen and oxygen atoms in total. The van der Waals surface area contributed by atoms with Crippen molar-refractivity contribution < 1.29 is 23.9 Å². The maximum absolute atomic E-state index is 12.7. The van der Waals surface area contributed by atoms with E-state index in [9.17, 15) is 19.2 Å². The summed E-state index contributed by atoms with van der Waals surface area (Å²) in [6.45, 7) is 5.67. The number of nitrogens with one attached hydrogen (secondary N) is 3. The summed E-state index contributed by atoms with van der Waals surface area (Å²) in [4.78, 5) is 49.1. The van der Waals surface area contributed by atoms with Crippen LogP contribution in [0.25, 0.3) is 0 Å². The number of thioether (sulfide) groups is 1. The number of rotatable bonds is 9. The minimum Gasteiger partial charge on any atom is -0.454 e. The second-order valence-corrected chi connectivity index (χ2v) is 10.2. The van der Waals surface area contributed by atoms with E-state index < -0.39 is 30.6 Å². The average Bonchev–Trinajstić information content (AvgIpc) is 3.27.